The Labute approximate surface area is 222 Å². The first-order chi connectivity index (χ1) is 16.6. The maximum Gasteiger partial charge on any atom is 0.350 e. The molecule has 190 valence electrons. The van der Waals surface area contributed by atoms with E-state index in [9.17, 15) is 4.79 Å². The lowest BCUT2D eigenvalue weighted by atomic mass is 10.1. The minimum atomic E-state index is -0.133. The molecule has 2 aliphatic rings. The third kappa shape index (κ3) is 4.56. The van der Waals surface area contributed by atoms with Crippen LogP contribution in [0.4, 0.5) is 5.69 Å². The van der Waals surface area contributed by atoms with Gasteiger partial charge in [0.2, 0.25) is 0 Å². The summed E-state index contributed by atoms with van der Waals surface area (Å²) in [6.07, 6.45) is 0.880. The van der Waals surface area contributed by atoms with Crippen LogP contribution in [0, 0.1) is 6.92 Å². The summed E-state index contributed by atoms with van der Waals surface area (Å²) in [5.41, 5.74) is 5.17. The number of fused-ring (bicyclic) bond motifs is 4. The number of pyridine rings is 1. The Morgan fingerprint density at radius 3 is 2.50 bits per heavy atom. The monoisotopic (exact) mass is 528 g/mol. The van der Waals surface area contributed by atoms with Crippen molar-refractivity contribution in [1.82, 2.24) is 24.2 Å². The van der Waals surface area contributed by atoms with E-state index in [1.807, 2.05) is 19.1 Å². The number of para-hydroxylation sites is 1. The molecule has 36 heavy (non-hydrogen) atoms. The predicted molar refractivity (Wildman–Crippen MR) is 146 cm³/mol. The van der Waals surface area contributed by atoms with Gasteiger partial charge in [0.1, 0.15) is 12.4 Å². The molecule has 1 fully saturated rings. The number of aryl methyl sites for hydroxylation is 2. The number of hydrogen-bond donors (Lipinski definition) is 0. The highest BCUT2D eigenvalue weighted by atomic mass is 35.5. The van der Waals surface area contributed by atoms with Gasteiger partial charge < -0.3 is 9.64 Å². The van der Waals surface area contributed by atoms with E-state index in [1.165, 1.54) is 15.8 Å². The summed E-state index contributed by atoms with van der Waals surface area (Å²) in [6, 6.07) is 16.7. The van der Waals surface area contributed by atoms with Crippen LogP contribution in [-0.2, 0) is 20.1 Å². The Kier molecular flexibility index (Phi) is 7.59. The second kappa shape index (κ2) is 10.5. The fraction of sp³-hybridized carbons (Fsp3) is 0.346. The van der Waals surface area contributed by atoms with Gasteiger partial charge in [-0.05, 0) is 49.2 Å². The summed E-state index contributed by atoms with van der Waals surface area (Å²) in [4.78, 5) is 22.2. The number of benzene rings is 2. The normalized spacial score (nSPS) is 14.9. The zero-order valence-electron chi connectivity index (χ0n) is 20.4. The molecule has 0 aliphatic carbocycles. The van der Waals surface area contributed by atoms with Crippen LogP contribution < -0.4 is 15.3 Å². The standard InChI is InChI=1S/C26H28N6O2.2ClH/c1-18-9-10-20-21(27-18)6-4-7-22(20)31-15-13-30(14-16-31)12-11-19-5-3-8-23-25(19)34-17-24-28-29(2)26(33)32(23)24;;/h3-10H,11-17H2,1-2H3;2*1H. The van der Waals surface area contributed by atoms with E-state index in [0.717, 1.165) is 67.4 Å². The van der Waals surface area contributed by atoms with Crippen LogP contribution in [0.5, 0.6) is 5.75 Å². The first-order valence-corrected chi connectivity index (χ1v) is 11.8. The lowest BCUT2D eigenvalue weighted by Crippen LogP contribution is -2.47. The summed E-state index contributed by atoms with van der Waals surface area (Å²) in [5.74, 6) is 1.45. The first-order valence-electron chi connectivity index (χ1n) is 11.8. The third-order valence-corrected chi connectivity index (χ3v) is 6.91. The fourth-order valence-electron chi connectivity index (χ4n) is 5.11. The molecule has 6 rings (SSSR count). The predicted octanol–water partition coefficient (Wildman–Crippen LogP) is 3.53. The summed E-state index contributed by atoms with van der Waals surface area (Å²) in [6.45, 7) is 7.32. The summed E-state index contributed by atoms with van der Waals surface area (Å²) >= 11 is 0. The van der Waals surface area contributed by atoms with Crippen LogP contribution in [0.3, 0.4) is 0 Å². The van der Waals surface area contributed by atoms with Crippen LogP contribution in [0.25, 0.3) is 16.6 Å². The molecule has 0 radical (unpaired) electrons. The van der Waals surface area contributed by atoms with Crippen molar-refractivity contribution < 1.29 is 4.74 Å². The highest BCUT2D eigenvalue weighted by molar-refractivity contribution is 5.92. The zero-order chi connectivity index (χ0) is 23.2. The smallest absolute Gasteiger partial charge is 0.350 e. The largest absolute Gasteiger partial charge is 0.483 e. The maximum atomic E-state index is 12.5. The van der Waals surface area contributed by atoms with Crippen molar-refractivity contribution in [2.24, 2.45) is 7.05 Å². The second-order valence-corrected chi connectivity index (χ2v) is 9.09. The molecule has 4 aromatic rings. The third-order valence-electron chi connectivity index (χ3n) is 6.91. The van der Waals surface area contributed by atoms with Crippen LogP contribution in [0.15, 0.2) is 53.3 Å². The van der Waals surface area contributed by atoms with Gasteiger partial charge >= 0.3 is 5.69 Å². The molecule has 0 spiro atoms. The Balaban J connectivity index is 0.00000152. The molecule has 2 aromatic heterocycles. The average Bonchev–Trinajstić information content (AvgIpc) is 3.16. The van der Waals surface area contributed by atoms with Crippen LogP contribution in [-0.4, -0.2) is 57.0 Å². The molecule has 0 atom stereocenters. The van der Waals surface area contributed by atoms with E-state index in [2.05, 4.69) is 56.3 Å². The van der Waals surface area contributed by atoms with Crippen molar-refractivity contribution in [1.29, 1.82) is 0 Å². The number of ether oxygens (including phenoxy) is 1. The van der Waals surface area contributed by atoms with Crippen LogP contribution in [0.1, 0.15) is 17.1 Å². The van der Waals surface area contributed by atoms with E-state index in [-0.39, 0.29) is 30.5 Å². The quantitative estimate of drug-likeness (QED) is 0.403. The molecule has 2 aliphatic heterocycles. The topological polar surface area (TPSA) is 68.4 Å². The lowest BCUT2D eigenvalue weighted by Gasteiger charge is -2.36. The Bertz CT molecular complexity index is 1440. The first kappa shape index (κ1) is 26.0. The average molecular weight is 529 g/mol. The van der Waals surface area contributed by atoms with E-state index >= 15 is 0 Å². The highest BCUT2D eigenvalue weighted by Crippen LogP contribution is 2.32. The van der Waals surface area contributed by atoms with Gasteiger partial charge in [-0.25, -0.2) is 14.0 Å². The van der Waals surface area contributed by atoms with Gasteiger partial charge in [-0.1, -0.05) is 18.2 Å². The maximum absolute atomic E-state index is 12.5. The van der Waals surface area contributed by atoms with Gasteiger partial charge in [-0.2, -0.15) is 5.10 Å². The Hall–Kier alpha value is -3.07. The van der Waals surface area contributed by atoms with Gasteiger partial charge in [-0.15, -0.1) is 24.8 Å². The van der Waals surface area contributed by atoms with E-state index in [1.54, 1.807) is 11.6 Å². The van der Waals surface area contributed by atoms with E-state index < -0.39 is 0 Å². The number of hydrogen-bond acceptors (Lipinski definition) is 6. The van der Waals surface area contributed by atoms with E-state index in [4.69, 9.17) is 4.74 Å². The molecule has 4 heterocycles. The van der Waals surface area contributed by atoms with E-state index in [0.29, 0.717) is 12.4 Å². The van der Waals surface area contributed by atoms with Gasteiger partial charge in [0, 0.05) is 56.5 Å². The molecule has 1 saturated heterocycles. The number of halogens is 2. The number of piperazine rings is 1. The molecule has 0 N–H and O–H groups in total. The van der Waals surface area contributed by atoms with Gasteiger partial charge in [0.15, 0.2) is 5.82 Å². The van der Waals surface area contributed by atoms with Crippen LogP contribution >= 0.6 is 24.8 Å². The van der Waals surface area contributed by atoms with Crippen LogP contribution in [0.2, 0.25) is 0 Å². The number of nitrogens with zero attached hydrogens (tertiary/aromatic N) is 6. The number of anilines is 1. The fourth-order valence-corrected chi connectivity index (χ4v) is 5.11. The molecule has 0 saturated carbocycles. The summed E-state index contributed by atoms with van der Waals surface area (Å²) in [7, 11) is 1.67. The van der Waals surface area contributed by atoms with Crippen molar-refractivity contribution in [2.75, 3.05) is 37.6 Å². The van der Waals surface area contributed by atoms with Crippen molar-refractivity contribution >= 4 is 41.4 Å². The number of rotatable bonds is 4. The van der Waals surface area contributed by atoms with Crippen molar-refractivity contribution in [3.05, 3.63) is 76.1 Å². The highest BCUT2D eigenvalue weighted by Gasteiger charge is 2.25. The van der Waals surface area contributed by atoms with Gasteiger partial charge in [-0.3, -0.25) is 9.88 Å². The SMILES string of the molecule is Cc1ccc2c(N3CCN(CCc4cccc5c4OCc4nn(C)c(=O)n4-5)CC3)cccc2n1.Cl.Cl. The van der Waals surface area contributed by atoms with Crippen molar-refractivity contribution in [2.45, 2.75) is 20.0 Å². The minimum Gasteiger partial charge on any atom is -0.483 e. The zero-order valence-corrected chi connectivity index (χ0v) is 22.0. The number of aromatic nitrogens is 4. The Morgan fingerprint density at radius 2 is 1.69 bits per heavy atom. The molecular formula is C26H30Cl2N6O2. The van der Waals surface area contributed by atoms with Crippen molar-refractivity contribution in [3.8, 4) is 11.4 Å². The molecule has 0 unspecified atom stereocenters. The molecule has 0 bridgehead atoms. The molecule has 10 heteroatoms. The van der Waals surface area contributed by atoms with Gasteiger partial charge in [0.25, 0.3) is 0 Å². The van der Waals surface area contributed by atoms with Gasteiger partial charge in [0.05, 0.1) is 11.2 Å². The molecule has 8 nitrogen and oxygen atoms in total. The second-order valence-electron chi connectivity index (χ2n) is 9.09. The summed E-state index contributed by atoms with van der Waals surface area (Å²) < 4.78 is 9.08. The molecular weight excluding hydrogens is 499 g/mol. The molecule has 2 aromatic carbocycles. The Morgan fingerprint density at radius 1 is 0.944 bits per heavy atom. The summed E-state index contributed by atoms with van der Waals surface area (Å²) in [5, 5.41) is 5.50. The minimum absolute atomic E-state index is 0. The lowest BCUT2D eigenvalue weighted by molar-refractivity contribution is 0.254. The molecule has 0 amide bonds. The van der Waals surface area contributed by atoms with Crippen molar-refractivity contribution in [3.63, 3.8) is 0 Å².